The molecule has 0 saturated carbocycles. The third kappa shape index (κ3) is 3.75. The Bertz CT molecular complexity index is 697. The van der Waals surface area contributed by atoms with Crippen molar-refractivity contribution in [2.75, 3.05) is 19.6 Å². The fourth-order valence-corrected chi connectivity index (χ4v) is 3.04. The highest BCUT2D eigenvalue weighted by atomic mass is 19.1. The summed E-state index contributed by atoms with van der Waals surface area (Å²) >= 11 is 0. The largest absolute Gasteiger partial charge is 0.337 e. The van der Waals surface area contributed by atoms with Crippen molar-refractivity contribution in [2.24, 2.45) is 0 Å². The second-order valence-electron chi connectivity index (χ2n) is 6.52. The van der Waals surface area contributed by atoms with Crippen molar-refractivity contribution in [2.45, 2.75) is 32.2 Å². The van der Waals surface area contributed by atoms with E-state index in [-0.39, 0.29) is 23.8 Å². The molecule has 0 radical (unpaired) electrons. The molecule has 24 heavy (non-hydrogen) atoms. The summed E-state index contributed by atoms with van der Waals surface area (Å²) in [5.74, 6) is -0.103. The van der Waals surface area contributed by atoms with E-state index in [0.717, 1.165) is 24.1 Å². The van der Waals surface area contributed by atoms with Crippen molar-refractivity contribution in [3.05, 3.63) is 53.6 Å². The highest BCUT2D eigenvalue weighted by molar-refractivity contribution is 5.74. The molecular weight excluding hydrogens is 307 g/mol. The molecule has 2 amide bonds. The van der Waals surface area contributed by atoms with Gasteiger partial charge < -0.3 is 10.2 Å². The number of benzene rings is 1. The molecular formula is C18H23FN4O. The monoisotopic (exact) mass is 330 g/mol. The van der Waals surface area contributed by atoms with Crippen LogP contribution >= 0.6 is 0 Å². The van der Waals surface area contributed by atoms with Gasteiger partial charge in [-0.1, -0.05) is 19.1 Å². The number of aromatic nitrogens is 2. The topological polar surface area (TPSA) is 50.2 Å². The van der Waals surface area contributed by atoms with E-state index in [1.54, 1.807) is 12.1 Å². The third-order valence-electron chi connectivity index (χ3n) is 4.55. The van der Waals surface area contributed by atoms with Gasteiger partial charge in [0.25, 0.3) is 0 Å². The van der Waals surface area contributed by atoms with Crippen LogP contribution in [0.2, 0.25) is 0 Å². The summed E-state index contributed by atoms with van der Waals surface area (Å²) in [4.78, 5) is 14.2. The fraction of sp³-hybridized carbons (Fsp3) is 0.444. The normalized spacial score (nSPS) is 18.6. The predicted molar refractivity (Wildman–Crippen MR) is 90.4 cm³/mol. The maximum absolute atomic E-state index is 13.0. The maximum atomic E-state index is 13.0. The molecule has 1 aromatic carbocycles. The van der Waals surface area contributed by atoms with E-state index in [1.165, 1.54) is 12.1 Å². The Morgan fingerprint density at radius 3 is 2.83 bits per heavy atom. The summed E-state index contributed by atoms with van der Waals surface area (Å²) in [6.07, 6.45) is 4.78. The van der Waals surface area contributed by atoms with E-state index in [2.05, 4.69) is 10.4 Å². The number of aryl methyl sites for hydroxylation is 1. The molecule has 1 aromatic heterocycles. The Morgan fingerprint density at radius 2 is 2.17 bits per heavy atom. The minimum Gasteiger partial charge on any atom is -0.337 e. The van der Waals surface area contributed by atoms with Gasteiger partial charge in [-0.15, -0.1) is 0 Å². The number of amides is 2. The molecule has 2 aromatic rings. The lowest BCUT2D eigenvalue weighted by atomic mass is 10.0. The average Bonchev–Trinajstić information content (AvgIpc) is 3.22. The predicted octanol–water partition coefficient (Wildman–Crippen LogP) is 3.09. The number of halogens is 1. The molecule has 0 spiro atoms. The first-order chi connectivity index (χ1) is 11.5. The summed E-state index contributed by atoms with van der Waals surface area (Å²) in [6, 6.07) is 6.63. The minimum atomic E-state index is -0.244. The number of carbonyl (C=O) groups excluding carboxylic acids is 1. The smallest absolute Gasteiger partial charge is 0.317 e. The minimum absolute atomic E-state index is 0.0460. The van der Waals surface area contributed by atoms with Crippen molar-refractivity contribution in [1.82, 2.24) is 20.0 Å². The van der Waals surface area contributed by atoms with Gasteiger partial charge in [0.1, 0.15) is 5.82 Å². The lowest BCUT2D eigenvalue weighted by Crippen LogP contribution is -2.40. The van der Waals surface area contributed by atoms with Crippen LogP contribution in [0.4, 0.5) is 9.18 Å². The Kier molecular flexibility index (Phi) is 4.83. The summed E-state index contributed by atoms with van der Waals surface area (Å²) in [6.45, 7) is 5.98. The summed E-state index contributed by atoms with van der Waals surface area (Å²) in [7, 11) is 0. The number of nitrogens with one attached hydrogen (secondary N) is 1. The van der Waals surface area contributed by atoms with Crippen LogP contribution in [-0.2, 0) is 0 Å². The molecule has 1 fully saturated rings. The molecule has 2 unspecified atom stereocenters. The van der Waals surface area contributed by atoms with Crippen LogP contribution in [0.1, 0.15) is 36.4 Å². The molecule has 2 heterocycles. The molecule has 0 bridgehead atoms. The summed E-state index contributed by atoms with van der Waals surface area (Å²) in [5, 5.41) is 7.32. The lowest BCUT2D eigenvalue weighted by Gasteiger charge is -2.19. The first kappa shape index (κ1) is 16.5. The van der Waals surface area contributed by atoms with Crippen LogP contribution < -0.4 is 5.32 Å². The third-order valence-corrected chi connectivity index (χ3v) is 4.55. The zero-order chi connectivity index (χ0) is 17.1. The molecule has 2 atom stereocenters. The Morgan fingerprint density at radius 1 is 1.42 bits per heavy atom. The van der Waals surface area contributed by atoms with Crippen molar-refractivity contribution in [1.29, 1.82) is 0 Å². The second kappa shape index (κ2) is 7.03. The van der Waals surface area contributed by atoms with Gasteiger partial charge in [0.2, 0.25) is 0 Å². The average molecular weight is 330 g/mol. The van der Waals surface area contributed by atoms with E-state index in [9.17, 15) is 9.18 Å². The first-order valence-corrected chi connectivity index (χ1v) is 8.32. The van der Waals surface area contributed by atoms with Gasteiger partial charge in [0, 0.05) is 25.8 Å². The van der Waals surface area contributed by atoms with Crippen LogP contribution in [0, 0.1) is 12.7 Å². The van der Waals surface area contributed by atoms with Crippen LogP contribution in [0.5, 0.6) is 0 Å². The van der Waals surface area contributed by atoms with Crippen LogP contribution in [0.25, 0.3) is 0 Å². The number of hydrogen-bond acceptors (Lipinski definition) is 2. The SMILES string of the molecule is Cc1cnn(C2CCN(C(=O)NCC(C)c3ccc(F)cc3)C2)c1. The lowest BCUT2D eigenvalue weighted by molar-refractivity contribution is 0.206. The summed E-state index contributed by atoms with van der Waals surface area (Å²) in [5.41, 5.74) is 2.15. The van der Waals surface area contributed by atoms with E-state index < -0.39 is 0 Å². The van der Waals surface area contributed by atoms with E-state index >= 15 is 0 Å². The van der Waals surface area contributed by atoms with E-state index in [1.807, 2.05) is 35.8 Å². The first-order valence-electron chi connectivity index (χ1n) is 8.32. The quantitative estimate of drug-likeness (QED) is 0.936. The highest BCUT2D eigenvalue weighted by Crippen LogP contribution is 2.21. The zero-order valence-electron chi connectivity index (χ0n) is 14.1. The van der Waals surface area contributed by atoms with Crippen LogP contribution in [0.15, 0.2) is 36.7 Å². The molecule has 128 valence electrons. The number of likely N-dealkylation sites (tertiary alicyclic amines) is 1. The van der Waals surface area contributed by atoms with Gasteiger partial charge >= 0.3 is 6.03 Å². The molecule has 1 aliphatic rings. The molecule has 1 saturated heterocycles. The molecule has 1 N–H and O–H groups in total. The van der Waals surface area contributed by atoms with Crippen molar-refractivity contribution < 1.29 is 9.18 Å². The maximum Gasteiger partial charge on any atom is 0.317 e. The second-order valence-corrected chi connectivity index (χ2v) is 6.52. The standard InChI is InChI=1S/C18H23FN4O/c1-13-9-21-23(11-13)17-7-8-22(12-17)18(24)20-10-14(2)15-3-5-16(19)6-4-15/h3-6,9,11,14,17H,7-8,10,12H2,1-2H3,(H,20,24). The van der Waals surface area contributed by atoms with Gasteiger partial charge in [-0.05, 0) is 42.5 Å². The molecule has 1 aliphatic heterocycles. The molecule has 0 aliphatic carbocycles. The number of nitrogens with zero attached hydrogens (tertiary/aromatic N) is 3. The zero-order valence-corrected chi connectivity index (χ0v) is 14.1. The highest BCUT2D eigenvalue weighted by Gasteiger charge is 2.27. The fourth-order valence-electron chi connectivity index (χ4n) is 3.04. The van der Waals surface area contributed by atoms with E-state index in [0.29, 0.717) is 13.1 Å². The van der Waals surface area contributed by atoms with Gasteiger partial charge in [-0.25, -0.2) is 9.18 Å². The van der Waals surface area contributed by atoms with Gasteiger partial charge in [0.05, 0.1) is 12.2 Å². The number of hydrogen-bond donors (Lipinski definition) is 1. The summed E-state index contributed by atoms with van der Waals surface area (Å²) < 4.78 is 14.9. The Balaban J connectivity index is 1.49. The molecule has 5 nitrogen and oxygen atoms in total. The van der Waals surface area contributed by atoms with Crippen molar-refractivity contribution in [3.63, 3.8) is 0 Å². The Hall–Kier alpha value is -2.37. The van der Waals surface area contributed by atoms with Crippen LogP contribution in [-0.4, -0.2) is 40.3 Å². The van der Waals surface area contributed by atoms with Crippen molar-refractivity contribution >= 4 is 6.03 Å². The van der Waals surface area contributed by atoms with Gasteiger partial charge in [-0.2, -0.15) is 5.10 Å². The number of carbonyl (C=O) groups is 1. The van der Waals surface area contributed by atoms with Crippen molar-refractivity contribution in [3.8, 4) is 0 Å². The molecule has 6 heteroatoms. The number of urea groups is 1. The Labute approximate surface area is 141 Å². The van der Waals surface area contributed by atoms with Gasteiger partial charge in [0.15, 0.2) is 0 Å². The van der Waals surface area contributed by atoms with E-state index in [4.69, 9.17) is 0 Å². The van der Waals surface area contributed by atoms with Crippen LogP contribution in [0.3, 0.4) is 0 Å². The molecule has 3 rings (SSSR count). The number of rotatable bonds is 4. The van der Waals surface area contributed by atoms with Gasteiger partial charge in [-0.3, -0.25) is 4.68 Å².